The van der Waals surface area contributed by atoms with Crippen molar-refractivity contribution < 1.29 is 22.0 Å². The molecular weight excluding hydrogens is 321 g/mol. The third-order valence-corrected chi connectivity index (χ3v) is 2.55. The Balaban J connectivity index is 2.73. The zero-order chi connectivity index (χ0) is 13.8. The van der Waals surface area contributed by atoms with Gasteiger partial charge >= 0.3 is 6.18 Å². The summed E-state index contributed by atoms with van der Waals surface area (Å²) >= 11 is 3.05. The van der Waals surface area contributed by atoms with Crippen LogP contribution in [-0.4, -0.2) is 29.5 Å². The van der Waals surface area contributed by atoms with Gasteiger partial charge in [-0.25, -0.2) is 8.78 Å². The topological polar surface area (TPSA) is 3.24 Å². The zero-order valence-electron chi connectivity index (χ0n) is 9.28. The Labute approximate surface area is 110 Å². The lowest BCUT2D eigenvalue weighted by Crippen LogP contribution is -2.35. The number of rotatable bonds is 5. The first kappa shape index (κ1) is 15.4. The molecule has 0 fully saturated rings. The van der Waals surface area contributed by atoms with Crippen LogP contribution >= 0.6 is 15.9 Å². The van der Waals surface area contributed by atoms with Crippen LogP contribution in [0.5, 0.6) is 0 Å². The normalized spacial score (nSPS) is 12.2. The SMILES string of the molecule is Fc1ccc(CN(CCBr)CC(F)(F)F)cc1F. The van der Waals surface area contributed by atoms with Crippen molar-refractivity contribution in [2.75, 3.05) is 18.4 Å². The fourth-order valence-corrected chi connectivity index (χ4v) is 1.98. The van der Waals surface area contributed by atoms with Gasteiger partial charge in [0.05, 0.1) is 6.54 Å². The Morgan fingerprint density at radius 3 is 2.28 bits per heavy atom. The Hall–Kier alpha value is -0.690. The average molecular weight is 332 g/mol. The molecule has 1 aromatic carbocycles. The minimum atomic E-state index is -4.32. The van der Waals surface area contributed by atoms with Gasteiger partial charge in [-0.05, 0) is 17.7 Å². The second-order valence-electron chi connectivity index (χ2n) is 3.76. The summed E-state index contributed by atoms with van der Waals surface area (Å²) in [6, 6.07) is 3.09. The summed E-state index contributed by atoms with van der Waals surface area (Å²) in [7, 11) is 0. The highest BCUT2D eigenvalue weighted by Gasteiger charge is 2.30. The first-order valence-electron chi connectivity index (χ1n) is 5.11. The van der Waals surface area contributed by atoms with Crippen LogP contribution < -0.4 is 0 Å². The quantitative estimate of drug-likeness (QED) is 0.587. The number of hydrogen-bond acceptors (Lipinski definition) is 1. The summed E-state index contributed by atoms with van der Waals surface area (Å²) in [5.41, 5.74) is 0.305. The predicted molar refractivity (Wildman–Crippen MR) is 61.5 cm³/mol. The van der Waals surface area contributed by atoms with Gasteiger partial charge in [0.1, 0.15) is 0 Å². The van der Waals surface area contributed by atoms with E-state index in [2.05, 4.69) is 15.9 Å². The summed E-state index contributed by atoms with van der Waals surface area (Å²) < 4.78 is 62.5. The van der Waals surface area contributed by atoms with E-state index < -0.39 is 24.4 Å². The predicted octanol–water partition coefficient (Wildman–Crippen LogP) is 3.72. The lowest BCUT2D eigenvalue weighted by molar-refractivity contribution is -0.146. The Bertz CT molecular complexity index is 394. The molecule has 0 atom stereocenters. The van der Waals surface area contributed by atoms with Crippen molar-refractivity contribution in [3.63, 3.8) is 0 Å². The van der Waals surface area contributed by atoms with Crippen LogP contribution in [0.2, 0.25) is 0 Å². The molecule has 7 heteroatoms. The number of nitrogens with zero attached hydrogens (tertiary/aromatic N) is 1. The molecule has 18 heavy (non-hydrogen) atoms. The molecule has 0 bridgehead atoms. The van der Waals surface area contributed by atoms with E-state index in [9.17, 15) is 22.0 Å². The number of halogens is 6. The van der Waals surface area contributed by atoms with Crippen LogP contribution in [0.4, 0.5) is 22.0 Å². The highest BCUT2D eigenvalue weighted by molar-refractivity contribution is 9.09. The molecule has 0 radical (unpaired) electrons. The van der Waals surface area contributed by atoms with Crippen LogP contribution in [0.15, 0.2) is 18.2 Å². The highest BCUT2D eigenvalue weighted by Crippen LogP contribution is 2.19. The third kappa shape index (κ3) is 5.30. The number of hydrogen-bond donors (Lipinski definition) is 0. The molecule has 0 aromatic heterocycles. The maximum absolute atomic E-state index is 12.9. The summed E-state index contributed by atoms with van der Waals surface area (Å²) in [5, 5.41) is 0.368. The molecule has 0 saturated carbocycles. The largest absolute Gasteiger partial charge is 0.401 e. The smallest absolute Gasteiger partial charge is 0.290 e. The molecule has 0 N–H and O–H groups in total. The van der Waals surface area contributed by atoms with E-state index >= 15 is 0 Å². The molecule has 0 aliphatic heterocycles. The third-order valence-electron chi connectivity index (χ3n) is 2.19. The molecule has 0 unspecified atom stereocenters. The van der Waals surface area contributed by atoms with Crippen molar-refractivity contribution in [3.8, 4) is 0 Å². The minimum Gasteiger partial charge on any atom is -0.290 e. The van der Waals surface area contributed by atoms with Crippen LogP contribution in [0, 0.1) is 11.6 Å². The van der Waals surface area contributed by atoms with Gasteiger partial charge in [-0.1, -0.05) is 22.0 Å². The molecule has 0 heterocycles. The fraction of sp³-hybridized carbons (Fsp3) is 0.455. The van der Waals surface area contributed by atoms with Crippen molar-refractivity contribution >= 4 is 15.9 Å². The molecule has 102 valence electrons. The van der Waals surface area contributed by atoms with Crippen LogP contribution in [0.25, 0.3) is 0 Å². The number of alkyl halides is 4. The molecule has 0 aliphatic carbocycles. The fourth-order valence-electron chi connectivity index (χ4n) is 1.48. The molecule has 0 spiro atoms. The van der Waals surface area contributed by atoms with Crippen LogP contribution in [0.3, 0.4) is 0 Å². The van der Waals surface area contributed by atoms with Gasteiger partial charge in [-0.3, -0.25) is 4.90 Å². The van der Waals surface area contributed by atoms with Gasteiger partial charge < -0.3 is 0 Å². The lowest BCUT2D eigenvalue weighted by atomic mass is 10.2. The van der Waals surface area contributed by atoms with Gasteiger partial charge in [0, 0.05) is 18.4 Å². The van der Waals surface area contributed by atoms with E-state index in [0.29, 0.717) is 10.9 Å². The second kappa shape index (κ2) is 6.47. The molecule has 1 rings (SSSR count). The molecule has 0 saturated heterocycles. The molecule has 0 aliphatic rings. The summed E-state index contributed by atoms with van der Waals surface area (Å²) in [6.45, 7) is -1.00. The highest BCUT2D eigenvalue weighted by atomic mass is 79.9. The molecule has 1 nitrogen and oxygen atoms in total. The second-order valence-corrected chi connectivity index (χ2v) is 4.56. The van der Waals surface area contributed by atoms with Gasteiger partial charge in [0.25, 0.3) is 0 Å². The van der Waals surface area contributed by atoms with E-state index in [1.807, 2.05) is 0 Å². The van der Waals surface area contributed by atoms with Crippen molar-refractivity contribution in [2.24, 2.45) is 0 Å². The van der Waals surface area contributed by atoms with E-state index in [4.69, 9.17) is 0 Å². The van der Waals surface area contributed by atoms with Crippen molar-refractivity contribution in [1.82, 2.24) is 4.90 Å². The Kier molecular flexibility index (Phi) is 5.52. The van der Waals surface area contributed by atoms with E-state index in [1.165, 1.54) is 6.07 Å². The first-order valence-corrected chi connectivity index (χ1v) is 6.23. The van der Waals surface area contributed by atoms with E-state index in [0.717, 1.165) is 17.0 Å². The Morgan fingerprint density at radius 1 is 1.11 bits per heavy atom. The first-order chi connectivity index (χ1) is 8.31. The maximum atomic E-state index is 12.9. The minimum absolute atomic E-state index is 0.0810. The van der Waals surface area contributed by atoms with E-state index in [1.54, 1.807) is 0 Å². The van der Waals surface area contributed by atoms with E-state index in [-0.39, 0.29) is 13.1 Å². The van der Waals surface area contributed by atoms with Crippen molar-refractivity contribution in [3.05, 3.63) is 35.4 Å². The average Bonchev–Trinajstić information content (AvgIpc) is 2.21. The van der Waals surface area contributed by atoms with Gasteiger partial charge in [0.15, 0.2) is 11.6 Å². The molecule has 1 aromatic rings. The monoisotopic (exact) mass is 331 g/mol. The molecular formula is C11H11BrF5N. The van der Waals surface area contributed by atoms with Crippen LogP contribution in [-0.2, 0) is 6.54 Å². The summed E-state index contributed by atoms with van der Waals surface area (Å²) in [4.78, 5) is 1.11. The zero-order valence-corrected chi connectivity index (χ0v) is 10.9. The maximum Gasteiger partial charge on any atom is 0.401 e. The van der Waals surface area contributed by atoms with Crippen molar-refractivity contribution in [1.29, 1.82) is 0 Å². The lowest BCUT2D eigenvalue weighted by Gasteiger charge is -2.22. The van der Waals surface area contributed by atoms with Gasteiger partial charge in [-0.2, -0.15) is 13.2 Å². The standard InChI is InChI=1S/C11H11BrF5N/c12-3-4-18(7-11(15,16)17)6-8-1-2-9(13)10(14)5-8/h1-2,5H,3-4,6-7H2. The number of benzene rings is 1. The van der Waals surface area contributed by atoms with Gasteiger partial charge in [-0.15, -0.1) is 0 Å². The van der Waals surface area contributed by atoms with Crippen LogP contribution in [0.1, 0.15) is 5.56 Å². The summed E-state index contributed by atoms with van der Waals surface area (Å²) in [5.74, 6) is -2.07. The van der Waals surface area contributed by atoms with Crippen molar-refractivity contribution in [2.45, 2.75) is 12.7 Å². The summed E-state index contributed by atoms with van der Waals surface area (Å²) in [6.07, 6.45) is -4.32. The molecule has 0 amide bonds. The van der Waals surface area contributed by atoms with Gasteiger partial charge in [0.2, 0.25) is 0 Å². The Morgan fingerprint density at radius 2 is 1.78 bits per heavy atom.